The second-order valence-corrected chi connectivity index (χ2v) is 11.7. The van der Waals surface area contributed by atoms with Crippen LogP contribution in [0.25, 0.3) is 0 Å². The fraction of sp³-hybridized carbons (Fsp3) is 0.208. The summed E-state index contributed by atoms with van der Waals surface area (Å²) in [5.41, 5.74) is 1.60. The maximum atomic E-state index is 13.4. The minimum absolute atomic E-state index is 0.0401. The topological polar surface area (TPSA) is 104 Å². The third kappa shape index (κ3) is 5.14. The van der Waals surface area contributed by atoms with E-state index in [9.17, 15) is 21.6 Å². The molecule has 3 aromatic carbocycles. The molecule has 3 aromatic rings. The zero-order valence-electron chi connectivity index (χ0n) is 19.4. The summed E-state index contributed by atoms with van der Waals surface area (Å²) in [5.74, 6) is -0.512. The minimum Gasteiger partial charge on any atom is -0.322 e. The molecule has 0 heterocycles. The van der Waals surface area contributed by atoms with Gasteiger partial charge in [0.2, 0.25) is 10.0 Å². The molecular formula is C24H27N3O5S2. The molecule has 1 N–H and O–H groups in total. The number of rotatable bonds is 8. The lowest BCUT2D eigenvalue weighted by Crippen LogP contribution is -2.31. The number of amides is 1. The van der Waals surface area contributed by atoms with Crippen LogP contribution >= 0.6 is 0 Å². The lowest BCUT2D eigenvalue weighted by atomic mass is 10.1. The number of hydrogen-bond donors (Lipinski definition) is 1. The molecular weight excluding hydrogens is 474 g/mol. The van der Waals surface area contributed by atoms with Crippen molar-refractivity contribution in [1.29, 1.82) is 0 Å². The van der Waals surface area contributed by atoms with Crippen LogP contribution in [0.4, 0.5) is 11.4 Å². The second-order valence-electron chi connectivity index (χ2n) is 7.75. The summed E-state index contributed by atoms with van der Waals surface area (Å²) < 4.78 is 53.7. The molecule has 0 saturated carbocycles. The van der Waals surface area contributed by atoms with Crippen LogP contribution in [0.3, 0.4) is 0 Å². The summed E-state index contributed by atoms with van der Waals surface area (Å²) in [7, 11) is -4.63. The van der Waals surface area contributed by atoms with Crippen LogP contribution in [0.15, 0.2) is 82.6 Å². The van der Waals surface area contributed by atoms with Crippen molar-refractivity contribution >= 4 is 37.3 Å². The van der Waals surface area contributed by atoms with E-state index in [4.69, 9.17) is 0 Å². The predicted molar refractivity (Wildman–Crippen MR) is 133 cm³/mol. The van der Waals surface area contributed by atoms with Gasteiger partial charge in [-0.2, -0.15) is 0 Å². The first kappa shape index (κ1) is 25.4. The van der Waals surface area contributed by atoms with Crippen molar-refractivity contribution in [3.8, 4) is 0 Å². The molecule has 1 amide bonds. The maximum Gasteiger partial charge on any atom is 0.264 e. The van der Waals surface area contributed by atoms with E-state index in [2.05, 4.69) is 5.32 Å². The third-order valence-corrected chi connectivity index (χ3v) is 9.11. The number of hydrogen-bond acceptors (Lipinski definition) is 5. The van der Waals surface area contributed by atoms with Crippen molar-refractivity contribution in [1.82, 2.24) is 4.31 Å². The molecule has 3 rings (SSSR count). The molecule has 0 atom stereocenters. The Morgan fingerprint density at radius 1 is 0.853 bits per heavy atom. The summed E-state index contributed by atoms with van der Waals surface area (Å²) in [4.78, 5) is 13.0. The van der Waals surface area contributed by atoms with Gasteiger partial charge in [-0.05, 0) is 67.9 Å². The van der Waals surface area contributed by atoms with E-state index < -0.39 is 26.0 Å². The zero-order chi connectivity index (χ0) is 25.1. The van der Waals surface area contributed by atoms with Gasteiger partial charge in [0.05, 0.1) is 15.5 Å². The summed E-state index contributed by atoms with van der Waals surface area (Å²) in [6.07, 6.45) is 0. The van der Waals surface area contributed by atoms with E-state index in [0.717, 1.165) is 4.31 Å². The molecule has 0 bridgehead atoms. The van der Waals surface area contributed by atoms with Crippen LogP contribution in [0.5, 0.6) is 0 Å². The van der Waals surface area contributed by atoms with Crippen molar-refractivity contribution in [2.45, 2.75) is 23.6 Å². The molecule has 0 aromatic heterocycles. The third-order valence-electron chi connectivity index (χ3n) is 5.24. The number of carbonyl (C=O) groups is 1. The van der Waals surface area contributed by atoms with Gasteiger partial charge in [0, 0.05) is 31.9 Å². The van der Waals surface area contributed by atoms with Crippen LogP contribution < -0.4 is 9.62 Å². The maximum absolute atomic E-state index is 13.4. The fourth-order valence-electron chi connectivity index (χ4n) is 3.35. The van der Waals surface area contributed by atoms with Gasteiger partial charge >= 0.3 is 0 Å². The normalized spacial score (nSPS) is 11.9. The van der Waals surface area contributed by atoms with Crippen LogP contribution in [0.2, 0.25) is 0 Å². The number of anilines is 2. The molecule has 8 nitrogen and oxygen atoms in total. The van der Waals surface area contributed by atoms with Gasteiger partial charge in [-0.15, -0.1) is 0 Å². The Hall–Kier alpha value is -3.21. The van der Waals surface area contributed by atoms with Crippen LogP contribution in [-0.4, -0.2) is 47.7 Å². The molecule has 0 aliphatic heterocycles. The highest BCUT2D eigenvalue weighted by molar-refractivity contribution is 7.93. The molecule has 0 radical (unpaired) electrons. The SMILES string of the molecule is CCN(c1ccccc1)S(=O)(=O)c1cc(C(=O)Nc2ccc(S(=O)(=O)N(C)C)cc2)ccc1C. The number of carbonyl (C=O) groups excluding carboxylic acids is 1. The van der Waals surface area contributed by atoms with Gasteiger partial charge in [-0.1, -0.05) is 24.3 Å². The predicted octanol–water partition coefficient (Wildman–Crippen LogP) is 3.71. The quantitative estimate of drug-likeness (QED) is 0.507. The van der Waals surface area contributed by atoms with Crippen molar-refractivity contribution in [3.05, 3.63) is 83.9 Å². The summed E-state index contributed by atoms with van der Waals surface area (Å²) in [6, 6.07) is 19.0. The summed E-state index contributed by atoms with van der Waals surface area (Å²) >= 11 is 0. The van der Waals surface area contributed by atoms with Crippen molar-refractivity contribution in [3.63, 3.8) is 0 Å². The first-order chi connectivity index (χ1) is 16.0. The number of nitrogens with zero attached hydrogens (tertiary/aromatic N) is 2. The molecule has 10 heteroatoms. The number of aryl methyl sites for hydroxylation is 1. The minimum atomic E-state index is -3.91. The van der Waals surface area contributed by atoms with Gasteiger partial charge in [-0.3, -0.25) is 9.10 Å². The Morgan fingerprint density at radius 3 is 2.03 bits per heavy atom. The average molecular weight is 502 g/mol. The van der Waals surface area contributed by atoms with Crippen LogP contribution in [-0.2, 0) is 20.0 Å². The van der Waals surface area contributed by atoms with E-state index in [1.54, 1.807) is 50.2 Å². The number of para-hydroxylation sites is 1. The Balaban J connectivity index is 1.89. The molecule has 0 spiro atoms. The Bertz CT molecular complexity index is 1390. The van der Waals surface area contributed by atoms with E-state index in [1.165, 1.54) is 48.7 Å². The molecule has 0 aliphatic carbocycles. The van der Waals surface area contributed by atoms with E-state index >= 15 is 0 Å². The highest BCUT2D eigenvalue weighted by Crippen LogP contribution is 2.27. The van der Waals surface area contributed by atoms with E-state index in [0.29, 0.717) is 16.9 Å². The van der Waals surface area contributed by atoms with E-state index in [-0.39, 0.29) is 21.9 Å². The lowest BCUT2D eigenvalue weighted by Gasteiger charge is -2.24. The first-order valence-corrected chi connectivity index (χ1v) is 13.4. The van der Waals surface area contributed by atoms with Crippen molar-refractivity contribution in [2.75, 3.05) is 30.3 Å². The monoisotopic (exact) mass is 501 g/mol. The standard InChI is InChI=1S/C24H27N3O5S2/c1-5-27(21-9-7-6-8-10-21)34(31,32)23-17-19(12-11-18(23)2)24(28)25-20-13-15-22(16-14-20)33(29,30)26(3)4/h6-17H,5H2,1-4H3,(H,25,28). The molecule has 180 valence electrons. The Kier molecular flexibility index (Phi) is 7.44. The first-order valence-electron chi connectivity index (χ1n) is 10.5. The van der Waals surface area contributed by atoms with Gasteiger partial charge in [0.25, 0.3) is 15.9 Å². The van der Waals surface area contributed by atoms with Crippen molar-refractivity contribution < 1.29 is 21.6 Å². The highest BCUT2D eigenvalue weighted by atomic mass is 32.2. The van der Waals surface area contributed by atoms with Crippen molar-refractivity contribution in [2.24, 2.45) is 0 Å². The lowest BCUT2D eigenvalue weighted by molar-refractivity contribution is 0.102. The van der Waals surface area contributed by atoms with Crippen LogP contribution in [0, 0.1) is 6.92 Å². The summed E-state index contributed by atoms with van der Waals surface area (Å²) in [5, 5.41) is 2.68. The number of benzene rings is 3. The van der Waals surface area contributed by atoms with Crippen LogP contribution in [0.1, 0.15) is 22.8 Å². The van der Waals surface area contributed by atoms with Gasteiger partial charge in [-0.25, -0.2) is 21.1 Å². The second kappa shape index (κ2) is 9.96. The molecule has 0 unspecified atom stereocenters. The molecule has 0 saturated heterocycles. The van der Waals surface area contributed by atoms with Gasteiger partial charge in [0.15, 0.2) is 0 Å². The average Bonchev–Trinajstić information content (AvgIpc) is 2.80. The Labute approximate surface area is 200 Å². The van der Waals surface area contributed by atoms with Gasteiger partial charge < -0.3 is 5.32 Å². The summed E-state index contributed by atoms with van der Waals surface area (Å²) in [6.45, 7) is 3.65. The molecule has 0 aliphatic rings. The van der Waals surface area contributed by atoms with Gasteiger partial charge in [0.1, 0.15) is 0 Å². The molecule has 34 heavy (non-hydrogen) atoms. The highest BCUT2D eigenvalue weighted by Gasteiger charge is 2.26. The fourth-order valence-corrected chi connectivity index (χ4v) is 5.98. The molecule has 0 fully saturated rings. The Morgan fingerprint density at radius 2 is 1.47 bits per heavy atom. The van der Waals surface area contributed by atoms with E-state index in [1.807, 2.05) is 6.07 Å². The zero-order valence-corrected chi connectivity index (χ0v) is 21.0. The number of nitrogens with one attached hydrogen (secondary N) is 1. The smallest absolute Gasteiger partial charge is 0.264 e. The largest absolute Gasteiger partial charge is 0.322 e. The number of sulfonamides is 2.